The summed E-state index contributed by atoms with van der Waals surface area (Å²) in [6, 6.07) is 7.98. The van der Waals surface area contributed by atoms with Crippen LogP contribution in [0.4, 0.5) is 0 Å². The highest BCUT2D eigenvalue weighted by Crippen LogP contribution is 2.13. The van der Waals surface area contributed by atoms with Gasteiger partial charge < -0.3 is 4.57 Å². The predicted octanol–water partition coefficient (Wildman–Crippen LogP) is 2.13. The van der Waals surface area contributed by atoms with Crippen LogP contribution in [0.5, 0.6) is 0 Å². The van der Waals surface area contributed by atoms with E-state index in [4.69, 9.17) is 12.2 Å². The monoisotopic (exact) mass is 257 g/mol. The van der Waals surface area contributed by atoms with Crippen molar-refractivity contribution < 1.29 is 0 Å². The van der Waals surface area contributed by atoms with Gasteiger partial charge in [0.15, 0.2) is 4.77 Å². The van der Waals surface area contributed by atoms with Crippen molar-refractivity contribution in [2.24, 2.45) is 7.05 Å². The molecule has 2 aromatic heterocycles. The number of hydrogen-bond donors (Lipinski definition) is 0. The second-order valence-electron chi connectivity index (χ2n) is 3.93. The quantitative estimate of drug-likeness (QED) is 0.660. The number of aryl methyl sites for hydroxylation is 1. The average Bonchev–Trinajstić information content (AvgIpc) is 3.02. The lowest BCUT2D eigenvalue weighted by Gasteiger charge is -2.04. The zero-order chi connectivity index (χ0) is 12.5. The van der Waals surface area contributed by atoms with E-state index in [1.54, 1.807) is 10.9 Å². The highest BCUT2D eigenvalue weighted by molar-refractivity contribution is 7.71. The molecule has 0 unspecified atom stereocenters. The summed E-state index contributed by atoms with van der Waals surface area (Å²) in [6.45, 7) is 0. The molecule has 0 amide bonds. The van der Waals surface area contributed by atoms with E-state index in [1.165, 1.54) is 0 Å². The molecule has 0 fully saturated rings. The Bertz CT molecular complexity index is 706. The van der Waals surface area contributed by atoms with Crippen LogP contribution in [0.1, 0.15) is 0 Å². The number of aromatic nitrogens is 5. The first-order chi connectivity index (χ1) is 8.75. The van der Waals surface area contributed by atoms with Crippen molar-refractivity contribution in [1.29, 1.82) is 0 Å². The van der Waals surface area contributed by atoms with Crippen LogP contribution in [0.2, 0.25) is 0 Å². The topological polar surface area (TPSA) is 40.6 Å². The van der Waals surface area contributed by atoms with E-state index < -0.39 is 0 Å². The molecule has 90 valence electrons. The smallest absolute Gasteiger partial charge is 0.184 e. The van der Waals surface area contributed by atoms with Crippen molar-refractivity contribution in [2.75, 3.05) is 0 Å². The van der Waals surface area contributed by atoms with Gasteiger partial charge in [0.05, 0.1) is 18.1 Å². The molecular formula is C12H11N5S. The largest absolute Gasteiger partial charge is 0.327 e. The Balaban J connectivity index is 2.01. The van der Waals surface area contributed by atoms with Gasteiger partial charge in [-0.15, -0.1) is 5.10 Å². The number of rotatable bonds is 2. The summed E-state index contributed by atoms with van der Waals surface area (Å²) < 4.78 is 6.35. The lowest BCUT2D eigenvalue weighted by Crippen LogP contribution is -1.98. The number of benzene rings is 1. The fraction of sp³-hybridized carbons (Fsp3) is 0.0833. The molecule has 0 radical (unpaired) electrons. The van der Waals surface area contributed by atoms with Crippen LogP contribution < -0.4 is 0 Å². The molecule has 18 heavy (non-hydrogen) atoms. The third-order valence-electron chi connectivity index (χ3n) is 2.76. The lowest BCUT2D eigenvalue weighted by atomic mass is 10.3. The maximum absolute atomic E-state index is 5.32. The lowest BCUT2D eigenvalue weighted by molar-refractivity contribution is 0.802. The minimum atomic E-state index is 0.767. The van der Waals surface area contributed by atoms with Gasteiger partial charge in [-0.1, -0.05) is 5.21 Å². The minimum Gasteiger partial charge on any atom is -0.327 e. The predicted molar refractivity (Wildman–Crippen MR) is 70.5 cm³/mol. The highest BCUT2D eigenvalue weighted by Gasteiger charge is 2.01. The molecule has 0 spiro atoms. The molecule has 1 aromatic carbocycles. The van der Waals surface area contributed by atoms with Crippen LogP contribution in [0.25, 0.3) is 11.4 Å². The number of hydrogen-bond acceptors (Lipinski definition) is 3. The van der Waals surface area contributed by atoms with Crippen LogP contribution in [-0.4, -0.2) is 24.1 Å². The van der Waals surface area contributed by atoms with Crippen molar-refractivity contribution in [3.63, 3.8) is 0 Å². The van der Waals surface area contributed by atoms with Crippen LogP contribution in [0.3, 0.4) is 0 Å². The molecule has 0 saturated heterocycles. The fourth-order valence-electron chi connectivity index (χ4n) is 1.77. The normalized spacial score (nSPS) is 10.7. The van der Waals surface area contributed by atoms with Gasteiger partial charge in [0.1, 0.15) is 0 Å². The Morgan fingerprint density at radius 1 is 1.00 bits per heavy atom. The van der Waals surface area contributed by atoms with E-state index in [-0.39, 0.29) is 0 Å². The summed E-state index contributed by atoms with van der Waals surface area (Å²) in [6.07, 6.45) is 7.35. The zero-order valence-corrected chi connectivity index (χ0v) is 10.6. The Kier molecular flexibility index (Phi) is 2.56. The summed E-state index contributed by atoms with van der Waals surface area (Å²) >= 11 is 5.32. The Morgan fingerprint density at radius 2 is 1.72 bits per heavy atom. The average molecular weight is 257 g/mol. The summed E-state index contributed by atoms with van der Waals surface area (Å²) in [4.78, 5) is 0. The first-order valence-corrected chi connectivity index (χ1v) is 5.87. The van der Waals surface area contributed by atoms with Gasteiger partial charge in [0, 0.05) is 25.1 Å². The SMILES string of the molecule is Cn1ccn(-c2ccc(-n3ccnn3)cc2)c1=S. The summed E-state index contributed by atoms with van der Waals surface area (Å²) in [7, 11) is 1.93. The van der Waals surface area contributed by atoms with E-state index in [0.717, 1.165) is 16.1 Å². The molecule has 0 aliphatic carbocycles. The van der Waals surface area contributed by atoms with Gasteiger partial charge in [-0.05, 0) is 36.5 Å². The van der Waals surface area contributed by atoms with Crippen LogP contribution >= 0.6 is 12.2 Å². The number of imidazole rings is 1. The molecule has 0 atom stereocenters. The maximum atomic E-state index is 5.32. The molecule has 0 bridgehead atoms. The summed E-state index contributed by atoms with van der Waals surface area (Å²) in [5, 5.41) is 7.73. The minimum absolute atomic E-state index is 0.767. The van der Waals surface area contributed by atoms with E-state index in [1.807, 2.05) is 59.0 Å². The maximum Gasteiger partial charge on any atom is 0.184 e. The van der Waals surface area contributed by atoms with Crippen molar-refractivity contribution in [2.45, 2.75) is 0 Å². The highest BCUT2D eigenvalue weighted by atomic mass is 32.1. The third-order valence-corrected chi connectivity index (χ3v) is 3.25. The van der Waals surface area contributed by atoms with E-state index in [9.17, 15) is 0 Å². The molecule has 3 aromatic rings. The summed E-state index contributed by atoms with van der Waals surface area (Å²) in [5.41, 5.74) is 2.00. The second-order valence-corrected chi connectivity index (χ2v) is 4.29. The fourth-order valence-corrected chi connectivity index (χ4v) is 2.00. The van der Waals surface area contributed by atoms with Gasteiger partial charge in [-0.2, -0.15) is 0 Å². The second kappa shape index (κ2) is 4.23. The molecule has 0 aliphatic rings. The molecule has 2 heterocycles. The van der Waals surface area contributed by atoms with Gasteiger partial charge in [-0.3, -0.25) is 4.57 Å². The van der Waals surface area contributed by atoms with E-state index in [0.29, 0.717) is 0 Å². The number of nitrogens with zero attached hydrogens (tertiary/aromatic N) is 5. The van der Waals surface area contributed by atoms with Crippen molar-refractivity contribution in [3.05, 3.63) is 53.8 Å². The first kappa shape index (κ1) is 10.9. The van der Waals surface area contributed by atoms with Gasteiger partial charge in [-0.25, -0.2) is 4.68 Å². The molecular weight excluding hydrogens is 246 g/mol. The van der Waals surface area contributed by atoms with Gasteiger partial charge in [0.2, 0.25) is 0 Å². The van der Waals surface area contributed by atoms with Crippen LogP contribution in [0, 0.1) is 4.77 Å². The molecule has 6 heteroatoms. The van der Waals surface area contributed by atoms with E-state index in [2.05, 4.69) is 10.3 Å². The first-order valence-electron chi connectivity index (χ1n) is 5.47. The van der Waals surface area contributed by atoms with Gasteiger partial charge >= 0.3 is 0 Å². The zero-order valence-electron chi connectivity index (χ0n) is 9.76. The van der Waals surface area contributed by atoms with Crippen molar-refractivity contribution >= 4 is 12.2 Å². The molecule has 5 nitrogen and oxygen atoms in total. The Labute approximate surface area is 109 Å². The van der Waals surface area contributed by atoms with Gasteiger partial charge in [0.25, 0.3) is 0 Å². The van der Waals surface area contributed by atoms with Crippen molar-refractivity contribution in [3.8, 4) is 11.4 Å². The summed E-state index contributed by atoms with van der Waals surface area (Å²) in [5.74, 6) is 0. The third kappa shape index (κ3) is 1.76. The van der Waals surface area contributed by atoms with Crippen molar-refractivity contribution in [1.82, 2.24) is 24.1 Å². The Morgan fingerprint density at radius 3 is 2.28 bits per heavy atom. The standard InChI is InChI=1S/C12H11N5S/c1-15-8-9-16(12(15)18)10-2-4-11(5-3-10)17-7-6-13-14-17/h2-9H,1H3. The molecule has 0 aliphatic heterocycles. The van der Waals surface area contributed by atoms with Crippen LogP contribution in [-0.2, 0) is 7.05 Å². The molecule has 0 N–H and O–H groups in total. The Hall–Kier alpha value is -2.21. The van der Waals surface area contributed by atoms with Crippen LogP contribution in [0.15, 0.2) is 49.1 Å². The van der Waals surface area contributed by atoms with E-state index >= 15 is 0 Å². The molecule has 3 rings (SSSR count). The molecule has 0 saturated carbocycles.